The Balaban J connectivity index is 1.80. The molecule has 5 aliphatic carbocycles. The van der Waals surface area contributed by atoms with E-state index in [1.165, 1.54) is 55.0 Å². The Hall–Kier alpha value is -3.12. The average molecular weight is 340 g/mol. The summed E-state index contributed by atoms with van der Waals surface area (Å²) in [6.45, 7) is 2.51. The third-order valence-corrected chi connectivity index (χ3v) is 7.69. The van der Waals surface area contributed by atoms with Gasteiger partial charge < -0.3 is 0 Å². The highest BCUT2D eigenvalue weighted by atomic mass is 14.6. The third-order valence-electron chi connectivity index (χ3n) is 7.69. The molecular weight excluding hydrogens is 324 g/mol. The summed E-state index contributed by atoms with van der Waals surface area (Å²) in [4.78, 5) is 0. The van der Waals surface area contributed by atoms with E-state index in [4.69, 9.17) is 0 Å². The van der Waals surface area contributed by atoms with E-state index in [9.17, 15) is 0 Å². The van der Waals surface area contributed by atoms with E-state index in [-0.39, 0.29) is 5.41 Å². The minimum atomic E-state index is 0.0422. The zero-order chi connectivity index (χ0) is 17.5. The third kappa shape index (κ3) is 1.11. The highest BCUT2D eigenvalue weighted by Gasteiger charge is 2.57. The average Bonchev–Trinajstić information content (AvgIpc) is 3.20. The Kier molecular flexibility index (Phi) is 1.83. The largest absolute Gasteiger partial charge is 0.0616 e. The molecule has 27 heavy (non-hydrogen) atoms. The lowest BCUT2D eigenvalue weighted by Crippen LogP contribution is -2.46. The molecule has 0 saturated carbocycles. The van der Waals surface area contributed by atoms with Crippen LogP contribution in [0.3, 0.4) is 0 Å². The van der Waals surface area contributed by atoms with Crippen molar-refractivity contribution in [2.24, 2.45) is 5.92 Å². The van der Waals surface area contributed by atoms with Crippen LogP contribution in [-0.2, 0) is 5.41 Å². The summed E-state index contributed by atoms with van der Waals surface area (Å²) in [5.74, 6) is 0.440. The van der Waals surface area contributed by atoms with E-state index < -0.39 is 0 Å². The summed E-state index contributed by atoms with van der Waals surface area (Å²) in [6, 6.07) is 20.8. The molecule has 0 heteroatoms. The van der Waals surface area contributed by atoms with Crippen LogP contribution in [0.4, 0.5) is 0 Å². The maximum absolute atomic E-state index is 2.51. The zero-order valence-corrected chi connectivity index (χ0v) is 15.0. The fourth-order valence-electron chi connectivity index (χ4n) is 6.92. The minimum Gasteiger partial charge on any atom is -0.0616 e. The molecule has 0 saturated heterocycles. The summed E-state index contributed by atoms with van der Waals surface area (Å²) in [7, 11) is 0. The van der Waals surface area contributed by atoms with Crippen LogP contribution in [0.2, 0.25) is 0 Å². The van der Waals surface area contributed by atoms with Gasteiger partial charge in [-0.15, -0.1) is 0 Å². The topological polar surface area (TPSA) is 0 Å². The van der Waals surface area contributed by atoms with Crippen molar-refractivity contribution in [1.29, 1.82) is 0 Å². The molecule has 3 aromatic carbocycles. The van der Waals surface area contributed by atoms with E-state index >= 15 is 0 Å². The second-order valence-corrected chi connectivity index (χ2v) is 8.63. The van der Waals surface area contributed by atoms with E-state index in [0.717, 1.165) is 0 Å². The smallest absolute Gasteiger partial charge is 0.0309 e. The van der Waals surface area contributed by atoms with Crippen LogP contribution in [-0.4, -0.2) is 0 Å². The molecule has 0 fully saturated rings. The van der Waals surface area contributed by atoms with Gasteiger partial charge >= 0.3 is 0 Å². The van der Waals surface area contributed by atoms with Gasteiger partial charge in [0, 0.05) is 11.3 Å². The molecule has 0 nitrogen and oxygen atoms in total. The molecular formula is C27H16. The monoisotopic (exact) mass is 340 g/mol. The molecule has 2 atom stereocenters. The van der Waals surface area contributed by atoms with Gasteiger partial charge in [-0.1, -0.05) is 79.7 Å². The summed E-state index contributed by atoms with van der Waals surface area (Å²) < 4.78 is 0. The molecule has 3 aromatic rings. The van der Waals surface area contributed by atoms with Crippen LogP contribution in [0.25, 0.3) is 39.0 Å². The molecule has 5 aliphatic rings. The Morgan fingerprint density at radius 2 is 1.48 bits per heavy atom. The van der Waals surface area contributed by atoms with Gasteiger partial charge in [0.1, 0.15) is 0 Å². The van der Waals surface area contributed by atoms with Crippen molar-refractivity contribution in [3.05, 3.63) is 100.0 Å². The van der Waals surface area contributed by atoms with Crippen molar-refractivity contribution < 1.29 is 0 Å². The van der Waals surface area contributed by atoms with E-state index in [1.54, 1.807) is 11.1 Å². The van der Waals surface area contributed by atoms with Crippen molar-refractivity contribution in [1.82, 2.24) is 0 Å². The van der Waals surface area contributed by atoms with Crippen LogP contribution in [0, 0.1) is 5.92 Å². The fourth-order valence-corrected chi connectivity index (χ4v) is 6.92. The van der Waals surface area contributed by atoms with Gasteiger partial charge in [-0.3, -0.25) is 0 Å². The second kappa shape index (κ2) is 3.77. The second-order valence-electron chi connectivity index (χ2n) is 8.63. The first-order valence-electron chi connectivity index (χ1n) is 9.84. The number of allylic oxidation sites excluding steroid dienone is 4. The Labute approximate surface area is 157 Å². The molecule has 124 valence electrons. The van der Waals surface area contributed by atoms with E-state index in [1.807, 2.05) is 0 Å². The van der Waals surface area contributed by atoms with Crippen LogP contribution in [0.5, 0.6) is 0 Å². The quantitative estimate of drug-likeness (QED) is 0.563. The van der Waals surface area contributed by atoms with Gasteiger partial charge in [-0.25, -0.2) is 0 Å². The van der Waals surface area contributed by atoms with Crippen LogP contribution >= 0.6 is 0 Å². The maximum Gasteiger partial charge on any atom is 0.0309 e. The SMILES string of the molecule is CC12C3=c4c5cccc4=C4C=CC=C(c6cccc(c61)-c1cccc-5c13)C42. The van der Waals surface area contributed by atoms with Crippen molar-refractivity contribution in [2.45, 2.75) is 12.3 Å². The minimum absolute atomic E-state index is 0.0422. The predicted molar refractivity (Wildman–Crippen MR) is 110 cm³/mol. The van der Waals surface area contributed by atoms with Gasteiger partial charge in [0.15, 0.2) is 0 Å². The van der Waals surface area contributed by atoms with E-state index in [0.29, 0.717) is 5.92 Å². The van der Waals surface area contributed by atoms with Crippen molar-refractivity contribution in [3.63, 3.8) is 0 Å². The number of rotatable bonds is 0. The normalized spacial score (nSPS) is 25.7. The summed E-state index contributed by atoms with van der Waals surface area (Å²) in [6.07, 6.45) is 7.00. The zero-order valence-electron chi connectivity index (χ0n) is 15.0. The van der Waals surface area contributed by atoms with E-state index in [2.05, 4.69) is 79.7 Å². The lowest BCUT2D eigenvalue weighted by Gasteiger charge is -2.43. The lowest BCUT2D eigenvalue weighted by molar-refractivity contribution is 0.560. The molecule has 0 amide bonds. The van der Waals surface area contributed by atoms with Gasteiger partial charge in [-0.05, 0) is 66.1 Å². The molecule has 0 aromatic heterocycles. The standard InChI is InChI=1S/C27H16/c1-27-24-18-10-4-12-20(24)21-13-5-11-19(25(21)27)17-9-3-7-15-14-6-2-8-16(18)22(14)26(27)23(15)17/h2-13,24H,1H3. The molecule has 0 radical (unpaired) electrons. The van der Waals surface area contributed by atoms with Crippen molar-refractivity contribution in [3.8, 4) is 22.3 Å². The van der Waals surface area contributed by atoms with Crippen LogP contribution in [0.15, 0.2) is 72.8 Å². The number of fused-ring (bicyclic) bond motifs is 3. The Morgan fingerprint density at radius 3 is 2.37 bits per heavy atom. The number of hydrogen-bond donors (Lipinski definition) is 0. The van der Waals surface area contributed by atoms with Crippen LogP contribution in [0.1, 0.15) is 23.6 Å². The van der Waals surface area contributed by atoms with Gasteiger partial charge in [0.25, 0.3) is 0 Å². The first kappa shape index (κ1) is 13.1. The molecule has 0 aliphatic heterocycles. The number of hydrogen-bond acceptors (Lipinski definition) is 0. The first-order chi connectivity index (χ1) is 13.3. The van der Waals surface area contributed by atoms with Crippen LogP contribution < -0.4 is 10.4 Å². The lowest BCUT2D eigenvalue weighted by atomic mass is 9.59. The highest BCUT2D eigenvalue weighted by Crippen LogP contribution is 2.66. The molecule has 0 heterocycles. The summed E-state index contributed by atoms with van der Waals surface area (Å²) in [5, 5.41) is 2.95. The molecule has 0 bridgehead atoms. The fraction of sp³-hybridized carbons (Fsp3) is 0.111. The molecule has 8 rings (SSSR count). The van der Waals surface area contributed by atoms with Crippen molar-refractivity contribution in [2.75, 3.05) is 0 Å². The molecule has 0 spiro atoms. The van der Waals surface area contributed by atoms with Crippen molar-refractivity contribution >= 4 is 16.7 Å². The summed E-state index contributed by atoms with van der Waals surface area (Å²) in [5.41, 5.74) is 14.9. The Morgan fingerprint density at radius 1 is 0.778 bits per heavy atom. The Bertz CT molecular complexity index is 1470. The van der Waals surface area contributed by atoms with Gasteiger partial charge in [0.05, 0.1) is 0 Å². The summed E-state index contributed by atoms with van der Waals surface area (Å²) >= 11 is 0. The first-order valence-corrected chi connectivity index (χ1v) is 9.84. The van der Waals surface area contributed by atoms with Gasteiger partial charge in [-0.2, -0.15) is 0 Å². The molecule has 2 unspecified atom stereocenters. The number of benzene rings is 3. The maximum atomic E-state index is 2.51. The molecule has 0 N–H and O–H groups in total. The highest BCUT2D eigenvalue weighted by molar-refractivity contribution is 6.11. The van der Waals surface area contributed by atoms with Gasteiger partial charge in [0.2, 0.25) is 0 Å². The predicted octanol–water partition coefficient (Wildman–Crippen LogP) is 4.55.